The highest BCUT2D eigenvalue weighted by Gasteiger charge is 2.37. The van der Waals surface area contributed by atoms with Crippen LogP contribution >= 0.6 is 0 Å². The summed E-state index contributed by atoms with van der Waals surface area (Å²) in [7, 11) is 0. The Morgan fingerprint density at radius 3 is 2.41 bits per heavy atom. The van der Waals surface area contributed by atoms with Crippen LogP contribution in [0.4, 0.5) is 24.7 Å². The lowest BCUT2D eigenvalue weighted by Gasteiger charge is -2.24. The minimum atomic E-state index is -4.67. The number of hydrogen-bond donors (Lipinski definition) is 4. The van der Waals surface area contributed by atoms with Crippen LogP contribution < -0.4 is 21.9 Å². The van der Waals surface area contributed by atoms with E-state index in [1.54, 1.807) is 52.0 Å². The molecule has 0 atom stereocenters. The van der Waals surface area contributed by atoms with E-state index in [1.807, 2.05) is 0 Å². The zero-order valence-corrected chi connectivity index (χ0v) is 22.8. The van der Waals surface area contributed by atoms with Gasteiger partial charge in [-0.2, -0.15) is 18.2 Å². The van der Waals surface area contributed by atoms with Crippen LogP contribution in [-0.4, -0.2) is 43.3 Å². The minimum Gasteiger partial charge on any atom is -0.399 e. The van der Waals surface area contributed by atoms with E-state index < -0.39 is 35.5 Å². The Morgan fingerprint density at radius 1 is 1.15 bits per heavy atom. The number of nitrogens with two attached hydrogens (primary N) is 1. The summed E-state index contributed by atoms with van der Waals surface area (Å²) in [4.78, 5) is 35.5. The van der Waals surface area contributed by atoms with E-state index in [2.05, 4.69) is 20.8 Å². The van der Waals surface area contributed by atoms with Crippen molar-refractivity contribution in [3.63, 3.8) is 0 Å². The maximum absolute atomic E-state index is 13.4. The maximum atomic E-state index is 13.4. The lowest BCUT2D eigenvalue weighted by molar-refractivity contribution is -0.193. The highest BCUT2D eigenvalue weighted by Crippen LogP contribution is 2.34. The summed E-state index contributed by atoms with van der Waals surface area (Å²) in [5.74, 6) is -0.376. The van der Waals surface area contributed by atoms with Crippen LogP contribution in [0.1, 0.15) is 44.4 Å². The van der Waals surface area contributed by atoms with Gasteiger partial charge in [0, 0.05) is 29.4 Å². The molecule has 41 heavy (non-hydrogen) atoms. The van der Waals surface area contributed by atoms with Crippen molar-refractivity contribution in [3.05, 3.63) is 75.7 Å². The van der Waals surface area contributed by atoms with Crippen molar-refractivity contribution >= 4 is 23.2 Å². The third kappa shape index (κ3) is 6.60. The number of halogens is 3. The Labute approximate surface area is 233 Å². The molecule has 218 valence electrons. The van der Waals surface area contributed by atoms with Crippen LogP contribution in [-0.2, 0) is 28.9 Å². The molecule has 1 aliphatic rings. The number of alkyl halides is 3. The highest BCUT2D eigenvalue weighted by atomic mass is 19.4. The quantitative estimate of drug-likeness (QED) is 0.298. The second kappa shape index (κ2) is 11.1. The molecule has 0 saturated heterocycles. The molecule has 1 aromatic heterocycles. The number of nitrogen functional groups attached to an aromatic ring is 1. The van der Waals surface area contributed by atoms with Gasteiger partial charge in [0.05, 0.1) is 17.5 Å². The Bertz CT molecular complexity index is 1530. The van der Waals surface area contributed by atoms with Crippen LogP contribution in [0.2, 0.25) is 0 Å². The van der Waals surface area contributed by atoms with Gasteiger partial charge < -0.3 is 21.2 Å². The molecule has 1 aliphatic heterocycles. The highest BCUT2D eigenvalue weighted by molar-refractivity contribution is 5.98. The van der Waals surface area contributed by atoms with Crippen molar-refractivity contribution in [2.75, 3.05) is 11.1 Å². The molecule has 0 radical (unpaired) electrons. The molecule has 2 aromatic carbocycles. The summed E-state index contributed by atoms with van der Waals surface area (Å²) in [5.41, 5.74) is 4.18. The Hall–Kier alpha value is -4.59. The summed E-state index contributed by atoms with van der Waals surface area (Å²) in [6.45, 7) is 6.49. The number of benzene rings is 2. The number of aromatic nitrogens is 2. The van der Waals surface area contributed by atoms with Gasteiger partial charge in [-0.15, -0.1) is 0 Å². The van der Waals surface area contributed by atoms with Crippen molar-refractivity contribution in [3.8, 4) is 11.3 Å². The zero-order valence-electron chi connectivity index (χ0n) is 22.8. The van der Waals surface area contributed by atoms with Gasteiger partial charge in [-0.3, -0.25) is 19.4 Å². The van der Waals surface area contributed by atoms with Gasteiger partial charge in [-0.1, -0.05) is 29.4 Å². The van der Waals surface area contributed by atoms with E-state index in [0.717, 1.165) is 21.8 Å². The van der Waals surface area contributed by atoms with Crippen LogP contribution in [0.3, 0.4) is 0 Å². The van der Waals surface area contributed by atoms with Crippen LogP contribution in [0.25, 0.3) is 11.3 Å². The Morgan fingerprint density at radius 2 is 1.83 bits per heavy atom. The Balaban J connectivity index is 1.56. The molecular formula is C27H30F3N7O4. The number of nitrogens with zero attached hydrogens (tertiary/aromatic N) is 4. The van der Waals surface area contributed by atoms with Crippen LogP contribution in [0.15, 0.2) is 58.6 Å². The van der Waals surface area contributed by atoms with Gasteiger partial charge in [0.15, 0.2) is 5.82 Å². The first kappa shape index (κ1) is 29.4. The number of amides is 1. The maximum Gasteiger partial charge on any atom is 0.416 e. The molecule has 0 unspecified atom stereocenters. The van der Waals surface area contributed by atoms with E-state index in [0.29, 0.717) is 11.1 Å². The molecule has 4 rings (SSSR count). The topological polar surface area (TPSA) is 147 Å². The number of oxime groups is 1. The molecule has 2 heterocycles. The van der Waals surface area contributed by atoms with Gasteiger partial charge in [-0.25, -0.2) is 4.98 Å². The lowest BCUT2D eigenvalue weighted by atomic mass is 10.1. The summed E-state index contributed by atoms with van der Waals surface area (Å²) >= 11 is 0. The van der Waals surface area contributed by atoms with Gasteiger partial charge >= 0.3 is 6.18 Å². The number of nitrogens with one attached hydrogen (secondary N) is 2. The number of anilines is 2. The summed E-state index contributed by atoms with van der Waals surface area (Å²) in [6.07, 6.45) is -3.44. The van der Waals surface area contributed by atoms with Crippen molar-refractivity contribution in [1.82, 2.24) is 19.9 Å². The van der Waals surface area contributed by atoms with Gasteiger partial charge in [0.25, 0.3) is 5.56 Å². The molecule has 0 spiro atoms. The monoisotopic (exact) mass is 573 g/mol. The first-order valence-corrected chi connectivity index (χ1v) is 12.6. The number of rotatable bonds is 8. The second-order valence-electron chi connectivity index (χ2n) is 10.3. The molecule has 1 amide bonds. The van der Waals surface area contributed by atoms with Crippen molar-refractivity contribution in [2.45, 2.75) is 58.7 Å². The van der Waals surface area contributed by atoms with Crippen molar-refractivity contribution < 1.29 is 28.0 Å². The fraction of sp³-hybridized carbons (Fsp3) is 0.333. The summed E-state index contributed by atoms with van der Waals surface area (Å²) in [6, 6.07) is 9.59. The van der Waals surface area contributed by atoms with E-state index >= 15 is 0 Å². The van der Waals surface area contributed by atoms with Crippen molar-refractivity contribution in [2.24, 2.45) is 5.16 Å². The number of hydroxylamine groups is 2. The molecule has 11 nitrogen and oxygen atoms in total. The van der Waals surface area contributed by atoms with Gasteiger partial charge in [0.1, 0.15) is 6.54 Å². The Kier molecular flexibility index (Phi) is 7.97. The standard InChI is InChI=1S/C27H30F3N7O4/c1-15(2)34-23-25(39)36(21(13-33-23)18-9-19(27(28,29)30)11-20(31)10-18)14-22(38)32-12-16-5-7-17(8-6-16)24-35-41-26(3,4)37(24)40/h5-11,13,15,40H,12,14,31H2,1-4H3,(H,32,38)(H,33,34). The molecule has 3 aromatic rings. The number of hydrogen-bond acceptors (Lipinski definition) is 9. The summed E-state index contributed by atoms with van der Waals surface area (Å²) < 4.78 is 41.4. The first-order chi connectivity index (χ1) is 19.2. The lowest BCUT2D eigenvalue weighted by Crippen LogP contribution is -2.41. The smallest absolute Gasteiger partial charge is 0.399 e. The molecule has 0 aliphatic carbocycles. The van der Waals surface area contributed by atoms with E-state index in [4.69, 9.17) is 10.6 Å². The zero-order chi connectivity index (χ0) is 30.1. The van der Waals surface area contributed by atoms with Crippen molar-refractivity contribution in [1.29, 1.82) is 0 Å². The molecule has 0 saturated carbocycles. The normalized spacial score (nSPS) is 14.6. The van der Waals surface area contributed by atoms with Crippen LogP contribution in [0, 0.1) is 0 Å². The number of carbonyl (C=O) groups is 1. The van der Waals surface area contributed by atoms with E-state index in [1.165, 1.54) is 12.3 Å². The largest absolute Gasteiger partial charge is 0.416 e. The second-order valence-corrected chi connectivity index (χ2v) is 10.3. The SMILES string of the molecule is CC(C)Nc1ncc(-c2cc(N)cc(C(F)(F)F)c2)n(CC(=O)NCc2ccc(C3=NOC(C)(C)N3O)cc2)c1=O. The molecule has 0 bridgehead atoms. The molecule has 14 heteroatoms. The number of carbonyl (C=O) groups excluding carboxylic acids is 1. The molecular weight excluding hydrogens is 543 g/mol. The molecule has 0 fully saturated rings. The minimum absolute atomic E-state index is 0.00218. The predicted molar refractivity (Wildman–Crippen MR) is 146 cm³/mol. The fourth-order valence-electron chi connectivity index (χ4n) is 4.04. The fourth-order valence-corrected chi connectivity index (χ4v) is 4.04. The average molecular weight is 574 g/mol. The van der Waals surface area contributed by atoms with E-state index in [-0.39, 0.29) is 41.2 Å². The van der Waals surface area contributed by atoms with E-state index in [9.17, 15) is 28.0 Å². The third-order valence-corrected chi connectivity index (χ3v) is 6.13. The average Bonchev–Trinajstić information content (AvgIpc) is 3.16. The van der Waals surface area contributed by atoms with Gasteiger partial charge in [-0.05, 0) is 51.5 Å². The number of amidine groups is 1. The van der Waals surface area contributed by atoms with Crippen LogP contribution in [0.5, 0.6) is 0 Å². The predicted octanol–water partition coefficient (Wildman–Crippen LogP) is 3.77. The summed E-state index contributed by atoms with van der Waals surface area (Å²) in [5, 5.41) is 20.6. The van der Waals surface area contributed by atoms with Gasteiger partial charge in [0.2, 0.25) is 17.5 Å². The molecule has 5 N–H and O–H groups in total. The first-order valence-electron chi connectivity index (χ1n) is 12.6. The third-order valence-electron chi connectivity index (χ3n) is 6.13.